The second-order valence-electron chi connectivity index (χ2n) is 4.36. The number of nitrogens with zero attached hydrogens (tertiary/aromatic N) is 2. The van der Waals surface area contributed by atoms with Gasteiger partial charge in [-0.25, -0.2) is 13.6 Å². The average Bonchev–Trinajstić information content (AvgIpc) is 2.71. The number of hydrogen-bond donors (Lipinski definition) is 2. The maximum Gasteiger partial charge on any atom is 0.694 e. The summed E-state index contributed by atoms with van der Waals surface area (Å²) in [5.74, 6) is -3.07. The van der Waals surface area contributed by atoms with Crippen LogP contribution in [0.1, 0.15) is 12.6 Å². The van der Waals surface area contributed by atoms with Crippen LogP contribution in [-0.2, 0) is 13.8 Å². The van der Waals surface area contributed by atoms with E-state index >= 15 is 0 Å². The second-order valence-corrected chi connectivity index (χ2v) is 5.10. The van der Waals surface area contributed by atoms with Gasteiger partial charge in [-0.2, -0.15) is 4.98 Å². The SMILES string of the molecule is CNc1ccn([C@@H]2OC(CO[P+](=O)O)CC2(F)F)c(=O)n1. The molecule has 0 bridgehead atoms. The highest BCUT2D eigenvalue weighted by molar-refractivity contribution is 7.32. The van der Waals surface area contributed by atoms with Crippen molar-refractivity contribution in [3.8, 4) is 0 Å². The minimum absolute atomic E-state index is 0.245. The van der Waals surface area contributed by atoms with Crippen LogP contribution in [0.5, 0.6) is 0 Å². The second kappa shape index (κ2) is 6.10. The van der Waals surface area contributed by atoms with Crippen molar-refractivity contribution in [1.29, 1.82) is 0 Å². The fourth-order valence-corrected chi connectivity index (χ4v) is 2.27. The maximum absolute atomic E-state index is 13.9. The normalized spacial score (nSPS) is 24.9. The summed E-state index contributed by atoms with van der Waals surface area (Å²) >= 11 is 0. The van der Waals surface area contributed by atoms with Crippen molar-refractivity contribution in [1.82, 2.24) is 9.55 Å². The van der Waals surface area contributed by atoms with E-state index in [0.29, 0.717) is 4.57 Å². The van der Waals surface area contributed by atoms with Crippen molar-refractivity contribution >= 4 is 14.1 Å². The van der Waals surface area contributed by atoms with Crippen molar-refractivity contribution in [3.63, 3.8) is 0 Å². The predicted octanol–water partition coefficient (Wildman–Crippen LogP) is 0.874. The van der Waals surface area contributed by atoms with Crippen molar-refractivity contribution in [2.24, 2.45) is 0 Å². The number of rotatable bonds is 5. The molecule has 1 fully saturated rings. The van der Waals surface area contributed by atoms with Crippen LogP contribution in [-0.4, -0.2) is 40.1 Å². The molecule has 8 nitrogen and oxygen atoms in total. The summed E-state index contributed by atoms with van der Waals surface area (Å²) in [5, 5.41) is 2.61. The number of anilines is 1. The summed E-state index contributed by atoms with van der Waals surface area (Å²) in [6.07, 6.45) is -2.49. The monoisotopic (exact) mass is 324 g/mol. The van der Waals surface area contributed by atoms with Gasteiger partial charge in [0.1, 0.15) is 12.4 Å². The van der Waals surface area contributed by atoms with Gasteiger partial charge in [-0.3, -0.25) is 4.57 Å². The molecule has 2 N–H and O–H groups in total. The number of alkyl halides is 2. The summed E-state index contributed by atoms with van der Waals surface area (Å²) in [4.78, 5) is 23.8. The molecule has 1 aromatic heterocycles. The number of halogens is 2. The fraction of sp³-hybridized carbons (Fsp3) is 0.600. The third kappa shape index (κ3) is 3.59. The molecule has 0 spiro atoms. The zero-order chi connectivity index (χ0) is 15.6. The molecule has 116 valence electrons. The smallest absolute Gasteiger partial charge is 0.373 e. The van der Waals surface area contributed by atoms with Gasteiger partial charge in [0.15, 0.2) is 0 Å². The molecule has 1 aromatic rings. The van der Waals surface area contributed by atoms with Gasteiger partial charge in [0.25, 0.3) is 5.92 Å². The molecule has 0 amide bonds. The first kappa shape index (κ1) is 15.9. The molecule has 0 saturated carbocycles. The van der Waals surface area contributed by atoms with Gasteiger partial charge in [-0.15, -0.1) is 9.42 Å². The van der Waals surface area contributed by atoms with E-state index in [9.17, 15) is 18.1 Å². The predicted molar refractivity (Wildman–Crippen MR) is 67.3 cm³/mol. The molecule has 2 rings (SSSR count). The number of nitrogens with one attached hydrogen (secondary N) is 1. The van der Waals surface area contributed by atoms with Gasteiger partial charge < -0.3 is 10.1 Å². The lowest BCUT2D eigenvalue weighted by atomic mass is 10.2. The zero-order valence-corrected chi connectivity index (χ0v) is 11.8. The van der Waals surface area contributed by atoms with E-state index in [1.165, 1.54) is 13.1 Å². The Balaban J connectivity index is 2.19. The van der Waals surface area contributed by atoms with Gasteiger partial charge in [0.05, 0.1) is 6.10 Å². The van der Waals surface area contributed by atoms with Crippen LogP contribution in [0, 0.1) is 0 Å². The first-order valence-electron chi connectivity index (χ1n) is 5.93. The van der Waals surface area contributed by atoms with E-state index in [1.807, 2.05) is 0 Å². The lowest BCUT2D eigenvalue weighted by molar-refractivity contribution is -0.119. The number of ether oxygens (including phenoxy) is 1. The first-order valence-corrected chi connectivity index (χ1v) is 7.06. The summed E-state index contributed by atoms with van der Waals surface area (Å²) in [6.45, 7) is -0.464. The Labute approximate surface area is 118 Å². The topological polar surface area (TPSA) is 103 Å². The summed E-state index contributed by atoms with van der Waals surface area (Å²) in [6, 6.07) is 1.36. The van der Waals surface area contributed by atoms with Crippen molar-refractivity contribution in [2.45, 2.75) is 24.7 Å². The Bertz CT molecular complexity index is 596. The quantitative estimate of drug-likeness (QED) is 0.775. The Morgan fingerprint density at radius 2 is 2.43 bits per heavy atom. The van der Waals surface area contributed by atoms with E-state index in [-0.39, 0.29) is 5.82 Å². The van der Waals surface area contributed by atoms with Gasteiger partial charge in [-0.1, -0.05) is 0 Å². The molecule has 2 heterocycles. The lowest BCUT2D eigenvalue weighted by Crippen LogP contribution is -2.35. The molecule has 3 atom stereocenters. The summed E-state index contributed by atoms with van der Waals surface area (Å²) in [7, 11) is -1.35. The molecule has 0 aromatic carbocycles. The minimum Gasteiger partial charge on any atom is -0.373 e. The third-order valence-corrected chi connectivity index (χ3v) is 3.26. The largest absolute Gasteiger partial charge is 0.694 e. The van der Waals surface area contributed by atoms with Gasteiger partial charge >= 0.3 is 13.9 Å². The van der Waals surface area contributed by atoms with Crippen molar-refractivity contribution in [2.75, 3.05) is 19.0 Å². The van der Waals surface area contributed by atoms with E-state index in [2.05, 4.69) is 14.8 Å². The lowest BCUT2D eigenvalue weighted by Gasteiger charge is -2.19. The highest BCUT2D eigenvalue weighted by Crippen LogP contribution is 2.42. The van der Waals surface area contributed by atoms with Crippen LogP contribution in [0.4, 0.5) is 14.6 Å². The number of hydrogen-bond acceptors (Lipinski definition) is 6. The Morgan fingerprint density at radius 3 is 3.00 bits per heavy atom. The van der Waals surface area contributed by atoms with Gasteiger partial charge in [0.2, 0.25) is 6.23 Å². The van der Waals surface area contributed by atoms with E-state index in [4.69, 9.17) is 9.63 Å². The molecule has 1 saturated heterocycles. The number of aromatic nitrogens is 2. The van der Waals surface area contributed by atoms with Crippen LogP contribution in [0.3, 0.4) is 0 Å². The van der Waals surface area contributed by atoms with E-state index < -0.39 is 45.2 Å². The van der Waals surface area contributed by atoms with E-state index in [1.54, 1.807) is 0 Å². The maximum atomic E-state index is 13.9. The molecule has 11 heteroatoms. The molecule has 1 aliphatic rings. The fourth-order valence-electron chi connectivity index (χ4n) is 1.98. The van der Waals surface area contributed by atoms with Crippen molar-refractivity contribution in [3.05, 3.63) is 22.7 Å². The molecule has 1 aliphatic heterocycles. The Morgan fingerprint density at radius 1 is 1.71 bits per heavy atom. The highest BCUT2D eigenvalue weighted by atomic mass is 31.1. The standard InChI is InChI=1S/C10H12F2N3O5P/c1-13-7-2-3-15(9(16)14-7)8-10(11,12)4-6(20-8)5-19-21(17)18/h2-3,6,8H,4-5H2,1H3,(H-,13,14,16,17,18)/p+1/t6?,8-/m1/s1. The molecule has 2 unspecified atom stereocenters. The van der Waals surface area contributed by atoms with Crippen LogP contribution in [0.25, 0.3) is 0 Å². The molecule has 21 heavy (non-hydrogen) atoms. The highest BCUT2D eigenvalue weighted by Gasteiger charge is 2.52. The van der Waals surface area contributed by atoms with E-state index in [0.717, 1.165) is 6.20 Å². The zero-order valence-electron chi connectivity index (χ0n) is 10.9. The molecule has 0 radical (unpaired) electrons. The average molecular weight is 324 g/mol. The first-order chi connectivity index (χ1) is 9.83. The molecule has 0 aliphatic carbocycles. The molecular formula is C10H13F2N3O5P+. The Kier molecular flexibility index (Phi) is 4.62. The third-order valence-electron chi connectivity index (χ3n) is 2.89. The minimum atomic E-state index is -3.32. The van der Waals surface area contributed by atoms with Crippen molar-refractivity contribution < 1.29 is 27.5 Å². The van der Waals surface area contributed by atoms with Crippen LogP contribution in [0.2, 0.25) is 0 Å². The molecular weight excluding hydrogens is 311 g/mol. The van der Waals surface area contributed by atoms with Crippen LogP contribution in [0.15, 0.2) is 17.1 Å². The van der Waals surface area contributed by atoms with Gasteiger partial charge in [0, 0.05) is 24.2 Å². The van der Waals surface area contributed by atoms with Gasteiger partial charge in [-0.05, 0) is 6.07 Å². The summed E-state index contributed by atoms with van der Waals surface area (Å²) < 4.78 is 48.3. The van der Waals surface area contributed by atoms with Crippen LogP contribution < -0.4 is 11.0 Å². The Hall–Kier alpha value is -1.48. The van der Waals surface area contributed by atoms with Crippen LogP contribution >= 0.6 is 8.25 Å². The summed E-state index contributed by atoms with van der Waals surface area (Å²) in [5.41, 5.74) is -0.888.